The molecule has 0 bridgehead atoms. The van der Waals surface area contributed by atoms with Crippen molar-refractivity contribution < 1.29 is 32.4 Å². The maximum Gasteiger partial charge on any atom is 0.315 e. The van der Waals surface area contributed by atoms with Gasteiger partial charge in [-0.25, -0.2) is 13.2 Å². The molecule has 1 saturated heterocycles. The Morgan fingerprint density at radius 2 is 1.67 bits per heavy atom. The van der Waals surface area contributed by atoms with Crippen LogP contribution in [0.2, 0.25) is 0 Å². The van der Waals surface area contributed by atoms with Gasteiger partial charge in [-0.05, 0) is 60.7 Å². The number of rotatable bonds is 16. The molecule has 4 rings (SSSR count). The molecule has 3 amide bonds. The molecule has 0 radical (unpaired) electrons. The molecule has 0 aromatic carbocycles. The van der Waals surface area contributed by atoms with Crippen LogP contribution in [0, 0.1) is 34.5 Å². The number of unbranched alkanes of at least 4 members (excludes halogenated alkanes) is 1. The number of amides is 3. The summed E-state index contributed by atoms with van der Waals surface area (Å²) in [5.74, 6) is -1.95. The second kappa shape index (κ2) is 14.7. The van der Waals surface area contributed by atoms with Gasteiger partial charge in [-0.15, -0.1) is 6.58 Å². The Morgan fingerprint density at radius 3 is 2.21 bits per heavy atom. The molecule has 11 heteroatoms. The van der Waals surface area contributed by atoms with Gasteiger partial charge in [0.05, 0.1) is 17.3 Å². The van der Waals surface area contributed by atoms with Crippen molar-refractivity contribution in [3.8, 4) is 0 Å². The van der Waals surface area contributed by atoms with Crippen molar-refractivity contribution >= 4 is 39.1 Å². The summed E-state index contributed by atoms with van der Waals surface area (Å²) in [5.41, 5.74) is -1.77. The Labute approximate surface area is 287 Å². The van der Waals surface area contributed by atoms with Crippen molar-refractivity contribution in [1.82, 2.24) is 15.5 Å². The lowest BCUT2D eigenvalue weighted by atomic mass is 9.75. The molecule has 0 spiro atoms. The van der Waals surface area contributed by atoms with Crippen LogP contribution in [0.3, 0.4) is 0 Å². The maximum absolute atomic E-state index is 14.4. The highest BCUT2D eigenvalue weighted by Crippen LogP contribution is 2.65. The molecule has 1 unspecified atom stereocenters. The van der Waals surface area contributed by atoms with Gasteiger partial charge in [0.25, 0.3) is 0 Å². The van der Waals surface area contributed by atoms with Gasteiger partial charge in [-0.2, -0.15) is 0 Å². The van der Waals surface area contributed by atoms with E-state index in [4.69, 9.17) is 0 Å². The lowest BCUT2D eigenvalue weighted by molar-refractivity contribution is -0.145. The Kier molecular flexibility index (Phi) is 11.7. The van der Waals surface area contributed by atoms with Crippen LogP contribution < -0.4 is 10.6 Å². The van der Waals surface area contributed by atoms with Crippen LogP contribution in [0.15, 0.2) is 12.7 Å². The molecule has 0 aromatic heterocycles. The van der Waals surface area contributed by atoms with Crippen molar-refractivity contribution in [3.63, 3.8) is 0 Å². The van der Waals surface area contributed by atoms with Crippen LogP contribution in [-0.2, 0) is 29.0 Å². The SMILES string of the molecule is C=CCCCC(=O)C(=O)C(CC(=O)[C@@H]1[C@@H]2[C@H](CN1C(=O)[C@@H](NC(=O)NC1(CS(C)(=O)=O)CCCCC1)C(C)(C)C)C2(C)C)CC1CCC1. The molecule has 270 valence electrons. The van der Waals surface area contributed by atoms with E-state index in [1.165, 1.54) is 6.26 Å². The largest absolute Gasteiger partial charge is 0.332 e. The van der Waals surface area contributed by atoms with Gasteiger partial charge in [0.15, 0.2) is 11.6 Å². The van der Waals surface area contributed by atoms with Crippen molar-refractivity contribution in [2.75, 3.05) is 18.6 Å². The second-order valence-corrected chi connectivity index (χ2v) is 19.2. The number of urea groups is 1. The van der Waals surface area contributed by atoms with E-state index in [0.717, 1.165) is 38.5 Å². The number of hydrogen-bond donors (Lipinski definition) is 2. The summed E-state index contributed by atoms with van der Waals surface area (Å²) in [7, 11) is -3.38. The van der Waals surface area contributed by atoms with Crippen LogP contribution >= 0.6 is 0 Å². The van der Waals surface area contributed by atoms with Gasteiger partial charge < -0.3 is 15.5 Å². The minimum Gasteiger partial charge on any atom is -0.332 e. The van der Waals surface area contributed by atoms with Gasteiger partial charge in [0.1, 0.15) is 15.9 Å². The first-order valence-electron chi connectivity index (χ1n) is 18.1. The average Bonchev–Trinajstić information content (AvgIpc) is 3.26. The standard InChI is InChI=1S/C37H59N3O7S/c1-8-9-11-17-27(41)31(43)25(20-24-15-14-16-24)21-28(42)30-29-26(36(29,5)6)22-40(30)33(44)32(35(2,3)4)38-34(45)39-37(23-48(7,46)47)18-12-10-13-19-37/h8,24-26,29-30,32H,1,9-23H2,2-7H3,(H2,38,39,45)/t25?,26-,29-,30+,32+/m0/s1. The van der Waals surface area contributed by atoms with E-state index in [0.29, 0.717) is 44.6 Å². The predicted molar refractivity (Wildman–Crippen MR) is 186 cm³/mol. The average molecular weight is 690 g/mol. The monoisotopic (exact) mass is 689 g/mol. The highest BCUT2D eigenvalue weighted by molar-refractivity contribution is 7.90. The Morgan fingerprint density at radius 1 is 1.02 bits per heavy atom. The molecule has 2 N–H and O–H groups in total. The molecule has 1 aliphatic heterocycles. The molecule has 5 atom stereocenters. The fourth-order valence-electron chi connectivity index (χ4n) is 8.68. The van der Waals surface area contributed by atoms with Gasteiger partial charge in [0, 0.05) is 31.6 Å². The number of ketones is 3. The van der Waals surface area contributed by atoms with Gasteiger partial charge >= 0.3 is 6.03 Å². The molecule has 10 nitrogen and oxygen atoms in total. The maximum atomic E-state index is 14.4. The zero-order valence-electron chi connectivity index (χ0n) is 30.1. The summed E-state index contributed by atoms with van der Waals surface area (Å²) in [6.07, 6.45) is 11.4. The fourth-order valence-corrected chi connectivity index (χ4v) is 10.0. The van der Waals surface area contributed by atoms with Crippen LogP contribution in [0.1, 0.15) is 118 Å². The van der Waals surface area contributed by atoms with Crippen molar-refractivity contribution in [2.45, 2.75) is 136 Å². The Balaban J connectivity index is 1.53. The van der Waals surface area contributed by atoms with E-state index in [9.17, 15) is 32.4 Å². The topological polar surface area (TPSA) is 147 Å². The number of nitrogens with one attached hydrogen (secondary N) is 2. The van der Waals surface area contributed by atoms with E-state index in [1.807, 2.05) is 20.8 Å². The lowest BCUT2D eigenvalue weighted by Crippen LogP contribution is -2.63. The summed E-state index contributed by atoms with van der Waals surface area (Å²) >= 11 is 0. The van der Waals surface area contributed by atoms with Gasteiger partial charge in [-0.3, -0.25) is 19.2 Å². The first-order valence-corrected chi connectivity index (χ1v) is 20.1. The summed E-state index contributed by atoms with van der Waals surface area (Å²) in [5, 5.41) is 5.84. The second-order valence-electron chi connectivity index (χ2n) is 17.1. The van der Waals surface area contributed by atoms with Crippen molar-refractivity contribution in [2.24, 2.45) is 34.5 Å². The number of Topliss-reactive ketones (excluding diaryl/α,β-unsaturated/α-hetero) is 3. The molecule has 48 heavy (non-hydrogen) atoms. The van der Waals surface area contributed by atoms with E-state index < -0.39 is 56.4 Å². The first-order chi connectivity index (χ1) is 22.3. The number of fused-ring (bicyclic) bond motifs is 1. The number of likely N-dealkylation sites (tertiary alicyclic amines) is 1. The summed E-state index contributed by atoms with van der Waals surface area (Å²) in [4.78, 5) is 70.2. The normalized spacial score (nSPS) is 26.0. The minimum atomic E-state index is -3.38. The number of piperidine rings is 1. The van der Waals surface area contributed by atoms with Gasteiger partial charge in [-0.1, -0.05) is 79.2 Å². The van der Waals surface area contributed by atoms with Crippen LogP contribution in [0.25, 0.3) is 0 Å². The highest BCUT2D eigenvalue weighted by Gasteiger charge is 2.69. The predicted octanol–water partition coefficient (Wildman–Crippen LogP) is 5.19. The van der Waals surface area contributed by atoms with Crippen molar-refractivity contribution in [3.05, 3.63) is 12.7 Å². The molecule has 3 saturated carbocycles. The Bertz CT molecular complexity index is 1370. The summed E-state index contributed by atoms with van der Waals surface area (Å²) in [6.45, 7) is 13.8. The third-order valence-electron chi connectivity index (χ3n) is 11.7. The smallest absolute Gasteiger partial charge is 0.315 e. The number of hydrogen-bond acceptors (Lipinski definition) is 7. The third-order valence-corrected chi connectivity index (χ3v) is 12.8. The quantitative estimate of drug-likeness (QED) is 0.129. The molecule has 4 aliphatic rings. The van der Waals surface area contributed by atoms with E-state index in [-0.39, 0.29) is 47.5 Å². The lowest BCUT2D eigenvalue weighted by Gasteiger charge is -2.40. The van der Waals surface area contributed by atoms with E-state index in [1.54, 1.807) is 11.0 Å². The molecule has 4 fully saturated rings. The van der Waals surface area contributed by atoms with Crippen LogP contribution in [0.5, 0.6) is 0 Å². The number of nitrogens with zero attached hydrogens (tertiary/aromatic N) is 1. The summed E-state index contributed by atoms with van der Waals surface area (Å²) in [6, 6.07) is -2.32. The zero-order valence-corrected chi connectivity index (χ0v) is 30.9. The number of carbonyl (C=O) groups is 5. The van der Waals surface area contributed by atoms with Crippen LogP contribution in [0.4, 0.5) is 4.79 Å². The fraction of sp³-hybridized carbons (Fsp3) is 0.811. The van der Waals surface area contributed by atoms with E-state index in [2.05, 4.69) is 31.1 Å². The van der Waals surface area contributed by atoms with Crippen LogP contribution in [-0.4, -0.2) is 78.8 Å². The van der Waals surface area contributed by atoms with Crippen molar-refractivity contribution in [1.29, 1.82) is 0 Å². The number of sulfone groups is 1. The first kappa shape index (κ1) is 38.2. The molecular weight excluding hydrogens is 630 g/mol. The third kappa shape index (κ3) is 8.96. The summed E-state index contributed by atoms with van der Waals surface area (Å²) < 4.78 is 24.6. The number of carbonyl (C=O) groups excluding carboxylic acids is 5. The molecular formula is C37H59N3O7S. The minimum absolute atomic E-state index is 0.0635. The molecule has 1 heterocycles. The van der Waals surface area contributed by atoms with Gasteiger partial charge in [0.2, 0.25) is 11.7 Å². The molecule has 0 aromatic rings. The number of allylic oxidation sites excluding steroid dienone is 1. The highest BCUT2D eigenvalue weighted by atomic mass is 32.2. The Hall–Kier alpha value is -2.56. The zero-order chi connectivity index (χ0) is 35.7. The van der Waals surface area contributed by atoms with E-state index >= 15 is 0 Å². The molecule has 3 aliphatic carbocycles.